The third-order valence-corrected chi connectivity index (χ3v) is 3.65. The van der Waals surface area contributed by atoms with Gasteiger partial charge in [-0.05, 0) is 37.4 Å². The Labute approximate surface area is 122 Å². The minimum absolute atomic E-state index is 0.748. The van der Waals surface area contributed by atoms with E-state index < -0.39 is 0 Å². The van der Waals surface area contributed by atoms with Gasteiger partial charge in [0.25, 0.3) is 0 Å². The molecule has 112 valence electrons. The van der Waals surface area contributed by atoms with Crippen LogP contribution in [0, 0.1) is 0 Å². The molecule has 0 aromatic carbocycles. The Hall–Kier alpha value is -0.970. The Morgan fingerprint density at radius 2 is 2.25 bits per heavy atom. The second-order valence-electron chi connectivity index (χ2n) is 5.53. The minimum Gasteiger partial charge on any atom is -0.383 e. The first-order chi connectivity index (χ1) is 9.83. The zero-order chi connectivity index (χ0) is 14.2. The van der Waals surface area contributed by atoms with E-state index in [0.29, 0.717) is 0 Å². The first kappa shape index (κ1) is 15.4. The maximum absolute atomic E-state index is 5.19. The number of methoxy groups -OCH3 is 1. The molecular weight excluding hydrogens is 250 g/mol. The van der Waals surface area contributed by atoms with E-state index in [1.165, 1.54) is 24.8 Å². The van der Waals surface area contributed by atoms with Crippen molar-refractivity contribution in [2.75, 3.05) is 26.8 Å². The van der Waals surface area contributed by atoms with Crippen LogP contribution in [-0.2, 0) is 17.8 Å². The Balaban J connectivity index is 1.82. The monoisotopic (exact) mass is 277 g/mol. The molecule has 0 radical (unpaired) electrons. The third-order valence-electron chi connectivity index (χ3n) is 3.65. The molecule has 4 nitrogen and oxygen atoms in total. The van der Waals surface area contributed by atoms with Crippen molar-refractivity contribution in [3.63, 3.8) is 0 Å². The standard InChI is InChI=1S/C16H27N3O/c1-3-8-17-11-14-4-5-15(18-12-14)13-19(9-10-20-2)16-6-7-16/h4-5,12,16-17H,3,6-11,13H2,1-2H3. The predicted molar refractivity (Wildman–Crippen MR) is 81.5 cm³/mol. The molecule has 1 aromatic heterocycles. The topological polar surface area (TPSA) is 37.4 Å². The summed E-state index contributed by atoms with van der Waals surface area (Å²) in [6, 6.07) is 5.09. The molecule has 0 aliphatic heterocycles. The van der Waals surface area contributed by atoms with Crippen LogP contribution in [0.4, 0.5) is 0 Å². The van der Waals surface area contributed by atoms with Crippen molar-refractivity contribution in [3.8, 4) is 0 Å². The van der Waals surface area contributed by atoms with Crippen molar-refractivity contribution in [3.05, 3.63) is 29.6 Å². The van der Waals surface area contributed by atoms with Crippen LogP contribution in [0.15, 0.2) is 18.3 Å². The number of aromatic nitrogens is 1. The molecule has 4 heteroatoms. The number of pyridine rings is 1. The van der Waals surface area contributed by atoms with Gasteiger partial charge < -0.3 is 10.1 Å². The molecule has 1 fully saturated rings. The Bertz CT molecular complexity index is 376. The number of rotatable bonds is 10. The minimum atomic E-state index is 0.748. The van der Waals surface area contributed by atoms with Gasteiger partial charge in [0.15, 0.2) is 0 Å². The van der Waals surface area contributed by atoms with Crippen LogP contribution < -0.4 is 5.32 Å². The zero-order valence-corrected chi connectivity index (χ0v) is 12.8. The summed E-state index contributed by atoms with van der Waals surface area (Å²) >= 11 is 0. The number of hydrogen-bond donors (Lipinski definition) is 1. The summed E-state index contributed by atoms with van der Waals surface area (Å²) in [6.45, 7) is 6.90. The van der Waals surface area contributed by atoms with E-state index in [0.717, 1.165) is 44.5 Å². The fourth-order valence-electron chi connectivity index (χ4n) is 2.31. The molecule has 2 rings (SSSR count). The maximum Gasteiger partial charge on any atom is 0.0589 e. The highest BCUT2D eigenvalue weighted by Gasteiger charge is 2.28. The Morgan fingerprint density at radius 1 is 1.40 bits per heavy atom. The van der Waals surface area contributed by atoms with Crippen LogP contribution in [-0.4, -0.2) is 42.7 Å². The van der Waals surface area contributed by atoms with Gasteiger partial charge in [0, 0.05) is 39.0 Å². The van der Waals surface area contributed by atoms with E-state index in [2.05, 4.69) is 34.3 Å². The van der Waals surface area contributed by atoms with Crippen molar-refractivity contribution in [1.82, 2.24) is 15.2 Å². The average molecular weight is 277 g/mol. The van der Waals surface area contributed by atoms with E-state index >= 15 is 0 Å². The number of hydrogen-bond acceptors (Lipinski definition) is 4. The van der Waals surface area contributed by atoms with Gasteiger partial charge in [0.2, 0.25) is 0 Å². The molecule has 1 heterocycles. The van der Waals surface area contributed by atoms with Crippen LogP contribution >= 0.6 is 0 Å². The van der Waals surface area contributed by atoms with Gasteiger partial charge >= 0.3 is 0 Å². The molecule has 1 saturated carbocycles. The highest BCUT2D eigenvalue weighted by atomic mass is 16.5. The van der Waals surface area contributed by atoms with Gasteiger partial charge in [-0.25, -0.2) is 0 Å². The highest BCUT2D eigenvalue weighted by molar-refractivity contribution is 5.14. The summed E-state index contributed by atoms with van der Waals surface area (Å²) in [5, 5.41) is 3.40. The van der Waals surface area contributed by atoms with Crippen molar-refractivity contribution >= 4 is 0 Å². The van der Waals surface area contributed by atoms with Crippen LogP contribution in [0.5, 0.6) is 0 Å². The molecule has 0 unspecified atom stereocenters. The summed E-state index contributed by atoms with van der Waals surface area (Å²) in [5.41, 5.74) is 2.42. The lowest BCUT2D eigenvalue weighted by molar-refractivity contribution is 0.139. The maximum atomic E-state index is 5.19. The molecule has 1 aliphatic carbocycles. The summed E-state index contributed by atoms with van der Waals surface area (Å²) in [5.74, 6) is 0. The van der Waals surface area contributed by atoms with Gasteiger partial charge in [-0.1, -0.05) is 13.0 Å². The Kier molecular flexibility index (Phi) is 6.43. The quantitative estimate of drug-likeness (QED) is 0.665. The summed E-state index contributed by atoms with van der Waals surface area (Å²) in [6.07, 6.45) is 5.81. The van der Waals surface area contributed by atoms with E-state index in [1.807, 2.05) is 6.20 Å². The first-order valence-electron chi connectivity index (χ1n) is 7.71. The van der Waals surface area contributed by atoms with Crippen LogP contribution in [0.25, 0.3) is 0 Å². The van der Waals surface area contributed by atoms with Crippen LogP contribution in [0.2, 0.25) is 0 Å². The van der Waals surface area contributed by atoms with Gasteiger partial charge in [-0.3, -0.25) is 9.88 Å². The van der Waals surface area contributed by atoms with Crippen molar-refractivity contribution in [2.24, 2.45) is 0 Å². The van der Waals surface area contributed by atoms with Crippen molar-refractivity contribution in [2.45, 2.75) is 45.3 Å². The molecule has 0 saturated heterocycles. The Morgan fingerprint density at radius 3 is 2.85 bits per heavy atom. The van der Waals surface area contributed by atoms with Gasteiger partial charge in [0.05, 0.1) is 12.3 Å². The van der Waals surface area contributed by atoms with Gasteiger partial charge in [0.1, 0.15) is 0 Å². The lowest BCUT2D eigenvalue weighted by atomic mass is 10.2. The smallest absolute Gasteiger partial charge is 0.0589 e. The molecule has 1 N–H and O–H groups in total. The molecule has 0 spiro atoms. The normalized spacial score (nSPS) is 14.9. The molecular formula is C16H27N3O. The number of nitrogens with one attached hydrogen (secondary N) is 1. The number of ether oxygens (including phenoxy) is 1. The highest BCUT2D eigenvalue weighted by Crippen LogP contribution is 2.27. The van der Waals surface area contributed by atoms with Crippen molar-refractivity contribution in [1.29, 1.82) is 0 Å². The fourth-order valence-corrected chi connectivity index (χ4v) is 2.31. The van der Waals surface area contributed by atoms with Gasteiger partial charge in [-0.2, -0.15) is 0 Å². The molecule has 0 amide bonds. The first-order valence-corrected chi connectivity index (χ1v) is 7.71. The van der Waals surface area contributed by atoms with Gasteiger partial charge in [-0.15, -0.1) is 0 Å². The predicted octanol–water partition coefficient (Wildman–Crippen LogP) is 2.19. The SMILES string of the molecule is CCCNCc1ccc(CN(CCOC)C2CC2)nc1. The van der Waals surface area contributed by atoms with Crippen LogP contribution in [0.1, 0.15) is 37.4 Å². The summed E-state index contributed by atoms with van der Waals surface area (Å²) < 4.78 is 5.19. The zero-order valence-electron chi connectivity index (χ0n) is 12.8. The van der Waals surface area contributed by atoms with Crippen molar-refractivity contribution < 1.29 is 4.74 Å². The average Bonchev–Trinajstić information content (AvgIpc) is 3.30. The summed E-state index contributed by atoms with van der Waals surface area (Å²) in [7, 11) is 1.77. The fraction of sp³-hybridized carbons (Fsp3) is 0.688. The molecule has 1 aromatic rings. The van der Waals surface area contributed by atoms with E-state index in [4.69, 9.17) is 4.74 Å². The number of nitrogens with zero attached hydrogens (tertiary/aromatic N) is 2. The third kappa shape index (κ3) is 5.19. The van der Waals surface area contributed by atoms with E-state index in [1.54, 1.807) is 7.11 Å². The second-order valence-corrected chi connectivity index (χ2v) is 5.53. The summed E-state index contributed by atoms with van der Waals surface area (Å²) in [4.78, 5) is 7.08. The van der Waals surface area contributed by atoms with E-state index in [-0.39, 0.29) is 0 Å². The lowest BCUT2D eigenvalue weighted by Crippen LogP contribution is -2.29. The molecule has 0 bridgehead atoms. The lowest BCUT2D eigenvalue weighted by Gasteiger charge is -2.21. The second kappa shape index (κ2) is 8.35. The van der Waals surface area contributed by atoms with Crippen LogP contribution in [0.3, 0.4) is 0 Å². The molecule has 1 aliphatic rings. The largest absolute Gasteiger partial charge is 0.383 e. The van der Waals surface area contributed by atoms with E-state index in [9.17, 15) is 0 Å². The molecule has 20 heavy (non-hydrogen) atoms. The molecule has 0 atom stereocenters.